The van der Waals surface area contributed by atoms with Gasteiger partial charge >= 0.3 is 0 Å². The molecule has 0 unspecified atom stereocenters. The van der Waals surface area contributed by atoms with Crippen molar-refractivity contribution in [3.05, 3.63) is 28.8 Å². The van der Waals surface area contributed by atoms with Gasteiger partial charge in [-0.1, -0.05) is 38.5 Å². The van der Waals surface area contributed by atoms with Crippen LogP contribution in [-0.2, 0) is 16.6 Å². The number of carbonyl (C=O) groups excluding carboxylic acids is 1. The number of nitrogens with zero attached hydrogens (tertiary/aromatic N) is 1. The van der Waals surface area contributed by atoms with Crippen LogP contribution in [0, 0.1) is 6.92 Å². The van der Waals surface area contributed by atoms with Crippen molar-refractivity contribution in [3.8, 4) is 5.75 Å². The SMILES string of the molecule is CCN(C(=O)CCc1cc(C)cc(C(C)(C)C)c1O)C(C)(CO)CO. The predicted octanol–water partition coefficient (Wildman–Crippen LogP) is 2.52. The molecule has 0 aliphatic carbocycles. The lowest BCUT2D eigenvalue weighted by molar-refractivity contribution is -0.140. The van der Waals surface area contributed by atoms with E-state index in [9.17, 15) is 20.1 Å². The standard InChI is InChI=1S/C20H33NO4/c1-7-21(20(6,12-22)13-23)17(24)9-8-15-10-14(2)11-16(18(15)25)19(3,4)5/h10-11,22-23,25H,7-9,12-13H2,1-6H3. The molecule has 0 saturated carbocycles. The van der Waals surface area contributed by atoms with Gasteiger partial charge in [0.25, 0.3) is 0 Å². The van der Waals surface area contributed by atoms with Gasteiger partial charge in [-0.3, -0.25) is 4.79 Å². The molecule has 5 nitrogen and oxygen atoms in total. The first kappa shape index (κ1) is 21.5. The van der Waals surface area contributed by atoms with Gasteiger partial charge in [-0.05, 0) is 43.7 Å². The van der Waals surface area contributed by atoms with Crippen molar-refractivity contribution in [3.63, 3.8) is 0 Å². The number of aliphatic hydroxyl groups is 2. The Balaban J connectivity index is 3.01. The minimum Gasteiger partial charge on any atom is -0.507 e. The van der Waals surface area contributed by atoms with E-state index in [1.54, 1.807) is 6.92 Å². The third-order valence-electron chi connectivity index (χ3n) is 4.70. The van der Waals surface area contributed by atoms with Crippen molar-refractivity contribution < 1.29 is 20.1 Å². The third kappa shape index (κ3) is 4.95. The molecule has 1 aromatic carbocycles. The largest absolute Gasteiger partial charge is 0.507 e. The average molecular weight is 351 g/mol. The molecular formula is C20H33NO4. The molecule has 0 heterocycles. The van der Waals surface area contributed by atoms with Crippen LogP contribution >= 0.6 is 0 Å². The highest BCUT2D eigenvalue weighted by Crippen LogP contribution is 2.35. The fraction of sp³-hybridized carbons (Fsp3) is 0.650. The Labute approximate surface area is 151 Å². The zero-order chi connectivity index (χ0) is 19.4. The number of benzene rings is 1. The first-order chi connectivity index (χ1) is 11.5. The highest BCUT2D eigenvalue weighted by molar-refractivity contribution is 5.77. The summed E-state index contributed by atoms with van der Waals surface area (Å²) in [6.07, 6.45) is 0.628. The molecule has 0 aromatic heterocycles. The second-order valence-electron chi connectivity index (χ2n) is 8.02. The molecule has 1 aromatic rings. The second-order valence-corrected chi connectivity index (χ2v) is 8.02. The molecule has 0 spiro atoms. The van der Waals surface area contributed by atoms with Gasteiger partial charge in [0.15, 0.2) is 0 Å². The molecule has 1 amide bonds. The third-order valence-corrected chi connectivity index (χ3v) is 4.70. The van der Waals surface area contributed by atoms with E-state index in [0.29, 0.717) is 13.0 Å². The normalized spacial score (nSPS) is 12.3. The summed E-state index contributed by atoms with van der Waals surface area (Å²) in [4.78, 5) is 14.1. The van der Waals surface area contributed by atoms with Crippen molar-refractivity contribution in [1.82, 2.24) is 4.90 Å². The molecule has 3 N–H and O–H groups in total. The van der Waals surface area contributed by atoms with E-state index in [-0.39, 0.29) is 36.7 Å². The molecule has 0 aliphatic rings. The van der Waals surface area contributed by atoms with E-state index in [4.69, 9.17) is 0 Å². The molecule has 0 bridgehead atoms. The topological polar surface area (TPSA) is 81.0 Å². The average Bonchev–Trinajstić information content (AvgIpc) is 2.54. The smallest absolute Gasteiger partial charge is 0.223 e. The lowest BCUT2D eigenvalue weighted by Gasteiger charge is -2.38. The maximum atomic E-state index is 12.6. The molecule has 1 rings (SSSR count). The van der Waals surface area contributed by atoms with Gasteiger partial charge in [0.1, 0.15) is 5.75 Å². The van der Waals surface area contributed by atoms with Crippen molar-refractivity contribution in [2.75, 3.05) is 19.8 Å². The van der Waals surface area contributed by atoms with Crippen LogP contribution < -0.4 is 0 Å². The Morgan fingerprint density at radius 1 is 1.12 bits per heavy atom. The summed E-state index contributed by atoms with van der Waals surface area (Å²) in [5.74, 6) is 0.104. The van der Waals surface area contributed by atoms with Crippen LogP contribution in [0.3, 0.4) is 0 Å². The minimum absolute atomic E-state index is 0.147. The monoisotopic (exact) mass is 351 g/mol. The van der Waals surface area contributed by atoms with Gasteiger partial charge in [0.05, 0.1) is 18.8 Å². The van der Waals surface area contributed by atoms with Crippen LogP contribution in [0.25, 0.3) is 0 Å². The lowest BCUT2D eigenvalue weighted by atomic mass is 9.83. The molecule has 0 radical (unpaired) electrons. The van der Waals surface area contributed by atoms with Gasteiger partial charge in [-0.2, -0.15) is 0 Å². The summed E-state index contributed by atoms with van der Waals surface area (Å²) in [6.45, 7) is 11.4. The van der Waals surface area contributed by atoms with Crippen molar-refractivity contribution in [2.45, 2.75) is 65.3 Å². The Kier molecular flexibility index (Phi) is 7.03. The minimum atomic E-state index is -0.975. The van der Waals surface area contributed by atoms with Gasteiger partial charge in [0.2, 0.25) is 5.91 Å². The number of aromatic hydroxyl groups is 1. The highest BCUT2D eigenvalue weighted by Gasteiger charge is 2.33. The molecule has 142 valence electrons. The Bertz CT molecular complexity index is 600. The fourth-order valence-electron chi connectivity index (χ4n) is 3.07. The number of carbonyl (C=O) groups is 1. The summed E-state index contributed by atoms with van der Waals surface area (Å²) in [6, 6.07) is 3.89. The zero-order valence-electron chi connectivity index (χ0n) is 16.4. The summed E-state index contributed by atoms with van der Waals surface area (Å²) < 4.78 is 0. The summed E-state index contributed by atoms with van der Waals surface area (Å²) in [7, 11) is 0. The molecule has 0 aliphatic heterocycles. The Morgan fingerprint density at radius 3 is 2.12 bits per heavy atom. The van der Waals surface area contributed by atoms with Crippen molar-refractivity contribution >= 4 is 5.91 Å². The van der Waals surface area contributed by atoms with Gasteiger partial charge in [-0.15, -0.1) is 0 Å². The van der Waals surface area contributed by atoms with E-state index in [0.717, 1.165) is 16.7 Å². The highest BCUT2D eigenvalue weighted by atomic mass is 16.3. The Hall–Kier alpha value is -1.59. The number of phenolic OH excluding ortho intramolecular Hbond substituents is 1. The first-order valence-corrected chi connectivity index (χ1v) is 8.85. The van der Waals surface area contributed by atoms with Gasteiger partial charge < -0.3 is 20.2 Å². The molecule has 0 saturated heterocycles. The van der Waals surface area contributed by atoms with Crippen LogP contribution in [0.15, 0.2) is 12.1 Å². The molecule has 25 heavy (non-hydrogen) atoms. The molecule has 0 fully saturated rings. The number of aliphatic hydroxyl groups excluding tert-OH is 2. The number of hydrogen-bond donors (Lipinski definition) is 3. The number of rotatable bonds is 7. The second kappa shape index (κ2) is 8.19. The first-order valence-electron chi connectivity index (χ1n) is 8.85. The van der Waals surface area contributed by atoms with E-state index in [2.05, 4.69) is 0 Å². The summed E-state index contributed by atoms with van der Waals surface area (Å²) in [5.41, 5.74) is 1.52. The quantitative estimate of drug-likeness (QED) is 0.705. The van der Waals surface area contributed by atoms with Crippen LogP contribution in [0.2, 0.25) is 0 Å². The van der Waals surface area contributed by atoms with E-state index in [1.165, 1.54) is 4.90 Å². The number of amides is 1. The maximum Gasteiger partial charge on any atom is 0.223 e. The number of hydrogen-bond acceptors (Lipinski definition) is 4. The number of phenols is 1. The summed E-state index contributed by atoms with van der Waals surface area (Å²) >= 11 is 0. The molecule has 5 heteroatoms. The molecule has 0 atom stereocenters. The van der Waals surface area contributed by atoms with Gasteiger partial charge in [-0.25, -0.2) is 0 Å². The fourth-order valence-corrected chi connectivity index (χ4v) is 3.07. The Morgan fingerprint density at radius 2 is 1.68 bits per heavy atom. The molecular weight excluding hydrogens is 318 g/mol. The van der Waals surface area contributed by atoms with Crippen LogP contribution in [0.5, 0.6) is 5.75 Å². The predicted molar refractivity (Wildman–Crippen MR) is 99.8 cm³/mol. The van der Waals surface area contributed by atoms with E-state index in [1.807, 2.05) is 46.8 Å². The van der Waals surface area contributed by atoms with Crippen molar-refractivity contribution in [2.24, 2.45) is 0 Å². The van der Waals surface area contributed by atoms with E-state index >= 15 is 0 Å². The zero-order valence-corrected chi connectivity index (χ0v) is 16.4. The number of aryl methyl sites for hydroxylation is 2. The summed E-state index contributed by atoms with van der Waals surface area (Å²) in [5, 5.41) is 29.7. The van der Waals surface area contributed by atoms with Gasteiger partial charge in [0, 0.05) is 13.0 Å². The maximum absolute atomic E-state index is 12.6. The van der Waals surface area contributed by atoms with Crippen LogP contribution in [-0.4, -0.2) is 51.4 Å². The van der Waals surface area contributed by atoms with E-state index < -0.39 is 5.54 Å². The number of likely N-dealkylation sites (N-methyl/N-ethyl adjacent to an activating group) is 1. The van der Waals surface area contributed by atoms with Crippen LogP contribution in [0.1, 0.15) is 57.7 Å². The lowest BCUT2D eigenvalue weighted by Crippen LogP contribution is -2.54. The van der Waals surface area contributed by atoms with Crippen LogP contribution in [0.4, 0.5) is 0 Å². The van der Waals surface area contributed by atoms with Crippen molar-refractivity contribution in [1.29, 1.82) is 0 Å².